The van der Waals surface area contributed by atoms with E-state index in [0.29, 0.717) is 16.6 Å². The van der Waals surface area contributed by atoms with Crippen molar-refractivity contribution in [3.63, 3.8) is 0 Å². The first kappa shape index (κ1) is 125. The minimum atomic E-state index is -4.70. The Kier molecular flexibility index (Phi) is 48.3. The molecule has 1 amide bonds. The molecule has 54 nitrogen and oxygen atoms in total. The standard InChI is InChI=1S/C28H38FN6O11P.C24H38FN6O10PS.C19H29FN6O4.C16H24FN7O4/c1-16(2)43-22(37)11-10-19-8-6-7-9-20(19)46-47(41,33-18(5)26(39)44-17(3)4)42-15-28(14-31-34-30)24(38)23(29)25(45-28)35-13-12-21(36)32-27(35)40;1-14(2)40-21(35)15(3)29-42(37,38-9-10-43-22(36)23(5,6)12-32)39-13-24(11-27-30-26)19(34)18(25)20(41-24)31-8-7-17(33)28-16(31)4;1-3-4-5-6-7-8-15(27)29-12-19(11-23-25-22)17(28)16(20)18(30-19)26-10-9-14(21)24-13(26)2;1-8(2)12(19)15(26)27-7-16(6-21-23-20)13(25)11(17)14(28-16)24-5-4-10(18)22-9(24)3/h6-9,12-13,16-18,23-25,38H,10-11,14-15H2,1-5H3,(H,33,41)(H,32,36,40);7-8,14-15,18-20,32,34H,4,9-13H2,1-3,5-6H3,(H,28,33)(H,29,37);9-10,16-18,28H,2-8,11-12H2,1H3,(H2,21,24);4-5,8,11-14,25H,3,6-7,19H2,1-2H3,(H2,18,22)/t18?,23-,24+,25-,28-,47?;15?,18-,19+,20-,24-,42?;16-,17+,18-,19-;11-,12?,13+,14-,16-/m1111/s1. The number of carbonyl (C=O) groups excluding carboxylic acids is 7. The minimum Gasteiger partial charge on any atom is -0.463 e. The highest BCUT2D eigenvalue weighted by atomic mass is 32.2. The van der Waals surface area contributed by atoms with Gasteiger partial charge in [0.15, 0.2) is 54.7 Å². The maximum Gasteiger partial charge on any atom is 0.459 e. The number of halogens is 4. The molecule has 0 saturated carbocycles. The van der Waals surface area contributed by atoms with E-state index in [4.69, 9.17) is 100 Å². The number of azide groups is 4. The number of esters is 5. The summed E-state index contributed by atoms with van der Waals surface area (Å²) in [5, 5.41) is 72.8. The number of hydrogen-bond donors (Lipinski definition) is 12. The number of thioether (sulfide) groups is 1. The lowest BCUT2D eigenvalue weighted by molar-refractivity contribution is -0.167. The Bertz CT molecular complexity index is 5570. The number of nitrogens with zero attached hydrogens (tertiary/aromatic N) is 18. The summed E-state index contributed by atoms with van der Waals surface area (Å²) in [5.41, 5.74) is 41.9. The van der Waals surface area contributed by atoms with Crippen LogP contribution in [-0.4, -0.2) is 301 Å². The molecule has 1 aromatic carbocycles. The number of alkyl halides is 4. The summed E-state index contributed by atoms with van der Waals surface area (Å²) in [6.45, 7) is 26.3. The number of nitrogens with two attached hydrogens (primary N) is 3. The van der Waals surface area contributed by atoms with Crippen molar-refractivity contribution in [1.29, 1.82) is 0 Å². The third-order valence-corrected chi connectivity index (χ3v) is 27.0. The molecule has 0 radical (unpaired) electrons. The van der Waals surface area contributed by atoms with E-state index in [1.807, 2.05) is 4.98 Å². The zero-order valence-electron chi connectivity index (χ0n) is 83.6. The molecule has 7 aliphatic rings. The maximum atomic E-state index is 15.5. The first-order valence-electron chi connectivity index (χ1n) is 46.3. The summed E-state index contributed by atoms with van der Waals surface area (Å²) < 4.78 is 161. The SMILES string of the molecule is C=C1N=C(N)C=CN1[C@@H]1O[C@](CN=[N+]=[N-])(COC(=O)C(N)C(C)C)[C@@H](O)[C@H]1F.C=C1N=C(N)C=CN1[C@@H]1O[C@](CN=[N+]=[N-])(COC(=O)CCCCCCC)[C@@H](O)[C@H]1F.C=C1NC(=O)C=CN1[C@@H]1O[C@](CN=[N+]=[N-])(COP(=O)(NC(C)C(=O)OC(C)C)OCCSC(=O)C(C)(C)CO)[C@@H](O)[C@H]1F.CC(C)OC(=O)CCc1ccccc1OP(=O)(NC(C)C(=O)OC(C)C)OC[C@@]1(CN=[N+]=[N-])O[C@@H](n2ccc(=O)[nH]c2=O)[C@H](F)[C@@H]1O. The Labute approximate surface area is 851 Å². The average molecular weight is 2160 g/mol. The number of ether oxygens (including phenoxy) is 9. The molecule has 21 atom stereocenters. The molecule has 1 aromatic heterocycles. The molecule has 0 spiro atoms. The first-order chi connectivity index (χ1) is 69.6. The van der Waals surface area contributed by atoms with E-state index in [-0.39, 0.29) is 83.6 Å². The Balaban J connectivity index is 0.000000308. The van der Waals surface area contributed by atoms with Crippen LogP contribution in [0.1, 0.15) is 147 Å². The number of rotatable bonds is 50. The van der Waals surface area contributed by atoms with Crippen LogP contribution in [0.5, 0.6) is 5.75 Å². The highest BCUT2D eigenvalue weighted by Gasteiger charge is 2.62. The summed E-state index contributed by atoms with van der Waals surface area (Å²) in [4.78, 5) is 133. The molecule has 61 heteroatoms. The molecule has 5 unspecified atom stereocenters. The smallest absolute Gasteiger partial charge is 0.459 e. The number of carbonyl (C=O) groups is 7. The van der Waals surface area contributed by atoms with Crippen molar-refractivity contribution < 1.29 is 147 Å². The van der Waals surface area contributed by atoms with Gasteiger partial charge in [0.25, 0.3) is 11.5 Å². The third kappa shape index (κ3) is 34.9. The molecule has 15 N–H and O–H groups in total. The van der Waals surface area contributed by atoms with Gasteiger partial charge in [0, 0.05) is 75.2 Å². The van der Waals surface area contributed by atoms with Crippen LogP contribution in [0.25, 0.3) is 41.8 Å². The monoisotopic (exact) mass is 2160 g/mol. The Hall–Kier alpha value is -11.9. The van der Waals surface area contributed by atoms with Gasteiger partial charge >= 0.3 is 51.0 Å². The second-order valence-corrected chi connectivity index (χ2v) is 40.6. The number of hydrogen-bond acceptors (Lipinski definition) is 42. The molecular formula is C87H129F4N25O29P2S. The summed E-state index contributed by atoms with van der Waals surface area (Å²) in [7, 11) is -9.21. The molecule has 820 valence electrons. The number of H-pyrrole nitrogens is 1. The molecule has 0 bridgehead atoms. The molecule has 9 rings (SSSR count). The van der Waals surface area contributed by atoms with Crippen molar-refractivity contribution in [2.75, 3.05) is 71.6 Å². The van der Waals surface area contributed by atoms with Crippen LogP contribution in [0, 0.1) is 11.3 Å². The van der Waals surface area contributed by atoms with E-state index in [1.165, 1.54) is 60.5 Å². The number of para-hydroxylation sites is 1. The summed E-state index contributed by atoms with van der Waals surface area (Å²) in [6, 6.07) is 3.74. The molecule has 0 aliphatic carbocycles. The fourth-order valence-corrected chi connectivity index (χ4v) is 18.3. The summed E-state index contributed by atoms with van der Waals surface area (Å²) in [6.07, 6.45) is -9.30. The number of amides is 1. The van der Waals surface area contributed by atoms with Gasteiger partial charge in [-0.3, -0.25) is 61.5 Å². The van der Waals surface area contributed by atoms with Gasteiger partial charge in [-0.15, -0.1) is 0 Å². The lowest BCUT2D eigenvalue weighted by Gasteiger charge is -2.34. The summed E-state index contributed by atoms with van der Waals surface area (Å²) in [5.74, 6) is -3.54. The van der Waals surface area contributed by atoms with E-state index in [2.05, 4.69) is 92.2 Å². The number of aromatic amines is 1. The molecular weight excluding hydrogens is 2030 g/mol. The predicted octanol–water partition coefficient (Wildman–Crippen LogP) is 7.62. The van der Waals surface area contributed by atoms with E-state index in [1.54, 1.807) is 87.4 Å². The number of aliphatic imine (C=N–C) groups is 2. The molecule has 8 heterocycles. The maximum absolute atomic E-state index is 15.5. The number of benzene rings is 1. The number of unbranched alkanes of at least 4 members (excludes halogenated alkanes) is 4. The van der Waals surface area contributed by atoms with Gasteiger partial charge in [0.05, 0.1) is 76.3 Å². The molecule has 148 heavy (non-hydrogen) atoms. The topological polar surface area (TPSA) is 773 Å². The molecule has 2 aromatic rings. The van der Waals surface area contributed by atoms with Gasteiger partial charge < -0.3 is 110 Å². The van der Waals surface area contributed by atoms with E-state index >= 15 is 8.78 Å². The first-order valence-corrected chi connectivity index (χ1v) is 50.4. The number of nitrogens with one attached hydrogen (secondary N) is 4. The quantitative estimate of drug-likeness (QED) is 0.00443. The zero-order chi connectivity index (χ0) is 111. The lowest BCUT2D eigenvalue weighted by Crippen LogP contribution is -2.50. The van der Waals surface area contributed by atoms with Crippen molar-refractivity contribution in [3.05, 3.63) is 179 Å². The van der Waals surface area contributed by atoms with Gasteiger partial charge in [-0.2, -0.15) is 5.09 Å². The molecule has 7 aliphatic heterocycles. The van der Waals surface area contributed by atoms with Crippen molar-refractivity contribution in [2.45, 2.75) is 274 Å². The van der Waals surface area contributed by atoms with Gasteiger partial charge in [-0.05, 0) is 134 Å². The number of aliphatic hydroxyl groups is 5. The van der Waals surface area contributed by atoms with Crippen molar-refractivity contribution in [1.82, 2.24) is 39.7 Å². The number of aliphatic hydroxyl groups excluding tert-OH is 5. The van der Waals surface area contributed by atoms with Crippen LogP contribution in [0.2, 0.25) is 0 Å². The largest absolute Gasteiger partial charge is 0.463 e. The third-order valence-electron chi connectivity index (χ3n) is 22.5. The zero-order valence-corrected chi connectivity index (χ0v) is 86.2. The average Bonchev–Trinajstić information content (AvgIpc) is 1.63. The van der Waals surface area contributed by atoms with Crippen LogP contribution in [0.15, 0.2) is 151 Å². The van der Waals surface area contributed by atoms with Gasteiger partial charge in [-0.1, -0.05) is 117 Å². The highest BCUT2D eigenvalue weighted by molar-refractivity contribution is 8.13. The van der Waals surface area contributed by atoms with Crippen LogP contribution >= 0.6 is 27.3 Å². The van der Waals surface area contributed by atoms with Gasteiger partial charge in [0.1, 0.15) is 113 Å². The molecule has 4 fully saturated rings. The number of aryl methyl sites for hydroxylation is 1. The highest BCUT2D eigenvalue weighted by Crippen LogP contribution is 2.52. The second-order valence-electron chi connectivity index (χ2n) is 36.1. The Morgan fingerprint density at radius 3 is 1.47 bits per heavy atom. The Morgan fingerprint density at radius 2 is 1.02 bits per heavy atom. The van der Waals surface area contributed by atoms with Crippen LogP contribution < -0.4 is 48.5 Å². The number of aromatic nitrogens is 2. The summed E-state index contributed by atoms with van der Waals surface area (Å²) >= 11 is 0.814. The predicted molar refractivity (Wildman–Crippen MR) is 522 cm³/mol. The van der Waals surface area contributed by atoms with Crippen molar-refractivity contribution in [3.8, 4) is 5.75 Å². The molecule has 4 saturated heterocycles. The van der Waals surface area contributed by atoms with Gasteiger partial charge in [-0.25, -0.2) is 46.6 Å². The fourth-order valence-electron chi connectivity index (χ4n) is 14.3. The van der Waals surface area contributed by atoms with Crippen molar-refractivity contribution >= 4 is 79.8 Å². The van der Waals surface area contributed by atoms with E-state index in [0.717, 1.165) is 60.7 Å². The lowest BCUT2D eigenvalue weighted by atomic mass is 9.96. The van der Waals surface area contributed by atoms with E-state index in [9.17, 15) is 86.6 Å². The fraction of sp³-hybridized carbons (Fsp3) is 0.644. The normalized spacial score (nSPS) is 26.3. The van der Waals surface area contributed by atoms with Crippen LogP contribution in [-0.2, 0) is 105 Å². The van der Waals surface area contributed by atoms with Crippen molar-refractivity contribution in [2.24, 2.45) is 59.0 Å². The van der Waals surface area contributed by atoms with E-state index < -0.39 is 254 Å². The van der Waals surface area contributed by atoms with Gasteiger partial charge in [0.2, 0.25) is 0 Å². The minimum absolute atomic E-state index is 0.0110. The second kappa shape index (κ2) is 57.2. The van der Waals surface area contributed by atoms with Crippen LogP contribution in [0.3, 0.4) is 0 Å². The Morgan fingerprint density at radius 1 is 0.588 bits per heavy atom. The van der Waals surface area contributed by atoms with Crippen LogP contribution in [0.4, 0.5) is 17.6 Å². The number of amidine groups is 2.